The first-order chi connectivity index (χ1) is 24.2. The predicted molar refractivity (Wildman–Crippen MR) is 182 cm³/mol. The van der Waals surface area contributed by atoms with Gasteiger partial charge in [-0.3, -0.25) is 28.8 Å². The second-order valence-corrected chi connectivity index (χ2v) is 12.3. The molecule has 8 N–H and O–H groups in total. The van der Waals surface area contributed by atoms with Gasteiger partial charge in [0.1, 0.15) is 17.8 Å². The number of furan rings is 1. The molecule has 6 amide bonds. The molecule has 50 heavy (non-hydrogen) atoms. The molecule has 0 spiro atoms. The summed E-state index contributed by atoms with van der Waals surface area (Å²) in [5, 5.41) is 16.8. The number of carbonyl (C=O) groups excluding carboxylic acids is 6. The number of nitrogens with two attached hydrogens (primary N) is 1. The molecule has 15 nitrogen and oxygen atoms in total. The highest BCUT2D eigenvalue weighted by Gasteiger charge is 2.31. The summed E-state index contributed by atoms with van der Waals surface area (Å²) in [5.41, 5.74) is 6.74. The second-order valence-electron chi connectivity index (χ2n) is 12.3. The highest BCUT2D eigenvalue weighted by molar-refractivity contribution is 5.97. The van der Waals surface area contributed by atoms with Gasteiger partial charge >= 0.3 is 0 Å². The highest BCUT2D eigenvalue weighted by Crippen LogP contribution is 2.25. The van der Waals surface area contributed by atoms with Gasteiger partial charge in [0.2, 0.25) is 35.4 Å². The first kappa shape index (κ1) is 37.8. The number of benzene rings is 1. The van der Waals surface area contributed by atoms with Gasteiger partial charge in [-0.05, 0) is 48.9 Å². The zero-order chi connectivity index (χ0) is 35.7. The summed E-state index contributed by atoms with van der Waals surface area (Å²) in [6, 6.07) is 8.31. The maximum atomic E-state index is 13.5. The third-order valence-corrected chi connectivity index (χ3v) is 8.51. The number of amides is 6. The molecule has 4 rings (SSSR count). The van der Waals surface area contributed by atoms with E-state index in [1.807, 2.05) is 0 Å². The van der Waals surface area contributed by atoms with Gasteiger partial charge in [-0.1, -0.05) is 30.7 Å². The van der Waals surface area contributed by atoms with E-state index in [0.29, 0.717) is 55.7 Å². The molecule has 0 unspecified atom stereocenters. The molecule has 270 valence electrons. The third kappa shape index (κ3) is 12.5. The van der Waals surface area contributed by atoms with Gasteiger partial charge in [0.15, 0.2) is 0 Å². The molecular weight excluding hydrogens is 646 g/mol. The number of ether oxygens (including phenoxy) is 1. The quantitative estimate of drug-likeness (QED) is 0.177. The Balaban J connectivity index is 1.53. The van der Waals surface area contributed by atoms with E-state index in [0.717, 1.165) is 12.2 Å². The average molecular weight is 694 g/mol. The van der Waals surface area contributed by atoms with Gasteiger partial charge in [-0.2, -0.15) is 0 Å². The van der Waals surface area contributed by atoms with Crippen molar-refractivity contribution in [2.75, 3.05) is 32.8 Å². The Morgan fingerprint density at radius 3 is 2.46 bits per heavy atom. The molecule has 1 aromatic carbocycles. The molecule has 2 aliphatic rings. The van der Waals surface area contributed by atoms with Crippen molar-refractivity contribution in [3.8, 4) is 0 Å². The SMILES string of the molecule is NCCOCCNC(=O)[C@@H]1CCNC(=O)/C=C/C(=O)N[C@@H]2CCC[C@@H](C2)C(=O)N[C@@H](Cc2ccco2)C(=O)NCc2ccccc2CC(=O)N1. The largest absolute Gasteiger partial charge is 0.469 e. The maximum absolute atomic E-state index is 13.5. The van der Waals surface area contributed by atoms with Crippen LogP contribution >= 0.6 is 0 Å². The van der Waals surface area contributed by atoms with Gasteiger partial charge in [0.05, 0.1) is 25.9 Å². The van der Waals surface area contributed by atoms with Crippen molar-refractivity contribution in [2.45, 2.75) is 69.6 Å². The number of hydrogen-bond acceptors (Lipinski definition) is 9. The molecule has 1 aromatic heterocycles. The highest BCUT2D eigenvalue weighted by atomic mass is 16.5. The lowest BCUT2D eigenvalue weighted by atomic mass is 9.85. The van der Waals surface area contributed by atoms with E-state index < -0.39 is 47.5 Å². The summed E-state index contributed by atoms with van der Waals surface area (Å²) < 4.78 is 10.8. The molecule has 1 saturated carbocycles. The van der Waals surface area contributed by atoms with Crippen LogP contribution in [0.5, 0.6) is 0 Å². The topological polar surface area (TPSA) is 223 Å². The van der Waals surface area contributed by atoms with Crippen LogP contribution < -0.4 is 37.6 Å². The van der Waals surface area contributed by atoms with Crippen LogP contribution in [0.15, 0.2) is 59.2 Å². The molecule has 1 aliphatic carbocycles. The van der Waals surface area contributed by atoms with Crippen molar-refractivity contribution in [3.63, 3.8) is 0 Å². The molecular formula is C35H47N7O8. The molecule has 2 heterocycles. The fourth-order valence-electron chi connectivity index (χ4n) is 5.94. The number of carbonyl (C=O) groups is 6. The minimum absolute atomic E-state index is 0.0358. The number of rotatable bonds is 8. The molecule has 2 bridgehead atoms. The Hall–Kier alpha value is -5.02. The summed E-state index contributed by atoms with van der Waals surface area (Å²) in [4.78, 5) is 78.4. The van der Waals surface area contributed by atoms with Crippen LogP contribution in [0, 0.1) is 5.92 Å². The van der Waals surface area contributed by atoms with Crippen molar-refractivity contribution < 1.29 is 37.9 Å². The van der Waals surface area contributed by atoms with Crippen molar-refractivity contribution in [1.29, 1.82) is 0 Å². The molecule has 0 radical (unpaired) electrons. The summed E-state index contributed by atoms with van der Waals surface area (Å²) in [6.45, 7) is 1.23. The van der Waals surface area contributed by atoms with Gasteiger partial charge in [0.25, 0.3) is 0 Å². The van der Waals surface area contributed by atoms with Gasteiger partial charge < -0.3 is 46.8 Å². The summed E-state index contributed by atoms with van der Waals surface area (Å²) >= 11 is 0. The fraction of sp³-hybridized carbons (Fsp3) is 0.486. The zero-order valence-corrected chi connectivity index (χ0v) is 28.0. The Bertz CT molecular complexity index is 1500. The van der Waals surface area contributed by atoms with Crippen LogP contribution in [-0.4, -0.2) is 86.4 Å². The van der Waals surface area contributed by atoms with Gasteiger partial charge in [-0.15, -0.1) is 0 Å². The maximum Gasteiger partial charge on any atom is 0.244 e. The minimum Gasteiger partial charge on any atom is -0.469 e. The predicted octanol–water partition coefficient (Wildman–Crippen LogP) is -0.507. The molecule has 4 atom stereocenters. The van der Waals surface area contributed by atoms with Crippen LogP contribution in [-0.2, 0) is 52.9 Å². The summed E-state index contributed by atoms with van der Waals surface area (Å²) in [6.07, 6.45) is 6.15. The monoisotopic (exact) mass is 693 g/mol. The van der Waals surface area contributed by atoms with E-state index in [4.69, 9.17) is 14.9 Å². The third-order valence-electron chi connectivity index (χ3n) is 8.51. The Morgan fingerprint density at radius 2 is 1.68 bits per heavy atom. The average Bonchev–Trinajstić information content (AvgIpc) is 3.62. The number of nitrogens with one attached hydrogen (secondary N) is 6. The molecule has 1 fully saturated rings. The van der Waals surface area contributed by atoms with Crippen molar-refractivity contribution in [3.05, 3.63) is 71.7 Å². The zero-order valence-electron chi connectivity index (χ0n) is 28.0. The van der Waals surface area contributed by atoms with E-state index in [-0.39, 0.29) is 57.5 Å². The normalized spacial score (nSPS) is 23.6. The lowest BCUT2D eigenvalue weighted by Gasteiger charge is -2.30. The van der Waals surface area contributed by atoms with E-state index >= 15 is 0 Å². The summed E-state index contributed by atoms with van der Waals surface area (Å²) in [7, 11) is 0. The van der Waals surface area contributed by atoms with E-state index in [1.165, 1.54) is 6.26 Å². The van der Waals surface area contributed by atoms with Crippen LogP contribution in [0.1, 0.15) is 49.0 Å². The number of fused-ring (bicyclic) bond motifs is 3. The van der Waals surface area contributed by atoms with Crippen LogP contribution in [0.3, 0.4) is 0 Å². The van der Waals surface area contributed by atoms with Crippen LogP contribution in [0.2, 0.25) is 0 Å². The van der Waals surface area contributed by atoms with Crippen LogP contribution in [0.25, 0.3) is 0 Å². The standard InChI is InChI=1S/C35H47N7O8/c36-13-17-49-18-15-38-34(47)28-12-14-37-30(43)10-11-31(44)40-26-8-3-7-24(19-26)33(46)42-29(21-27-9-4-16-50-27)35(48)39-22-25-6-2-1-5-23(25)20-32(45)41-28/h1-2,4-6,9-11,16,24,26,28-29H,3,7-8,12-15,17-22,36H2,(H,37,43)(H,38,47)(H,39,48)(H,40,44)(H,41,45)(H,42,46)/b11-10+/t24-,26+,28-,29-/m0/s1. The Morgan fingerprint density at radius 1 is 0.880 bits per heavy atom. The van der Waals surface area contributed by atoms with E-state index in [1.54, 1.807) is 36.4 Å². The molecule has 2 aromatic rings. The van der Waals surface area contributed by atoms with Gasteiger partial charge in [-0.25, -0.2) is 0 Å². The second kappa shape index (κ2) is 19.8. The minimum atomic E-state index is -0.983. The number of hydrogen-bond donors (Lipinski definition) is 7. The smallest absolute Gasteiger partial charge is 0.244 e. The molecule has 0 saturated heterocycles. The summed E-state index contributed by atoms with van der Waals surface area (Å²) in [5.74, 6) is -2.58. The fourth-order valence-corrected chi connectivity index (χ4v) is 5.94. The van der Waals surface area contributed by atoms with E-state index in [2.05, 4.69) is 31.9 Å². The lowest BCUT2D eigenvalue weighted by molar-refractivity contribution is -0.132. The van der Waals surface area contributed by atoms with Crippen molar-refractivity contribution >= 4 is 35.4 Å². The first-order valence-corrected chi connectivity index (χ1v) is 17.0. The molecule has 15 heteroatoms. The lowest BCUT2D eigenvalue weighted by Crippen LogP contribution is -2.51. The van der Waals surface area contributed by atoms with E-state index in [9.17, 15) is 28.8 Å². The van der Waals surface area contributed by atoms with Crippen molar-refractivity contribution in [2.24, 2.45) is 11.7 Å². The van der Waals surface area contributed by atoms with Crippen molar-refractivity contribution in [1.82, 2.24) is 31.9 Å². The van der Waals surface area contributed by atoms with Crippen LogP contribution in [0.4, 0.5) is 0 Å². The Kier molecular flexibility index (Phi) is 15.0. The first-order valence-electron chi connectivity index (χ1n) is 17.0. The Labute approximate surface area is 290 Å². The molecule has 1 aliphatic heterocycles. The van der Waals surface area contributed by atoms with Gasteiger partial charge in [0, 0.05) is 56.7 Å².